The van der Waals surface area contributed by atoms with Crippen LogP contribution in [-0.2, 0) is 4.79 Å². The van der Waals surface area contributed by atoms with E-state index >= 15 is 0 Å². The fraction of sp³-hybridized carbons (Fsp3) is 0.167. The first-order valence-electron chi connectivity index (χ1n) is 10.9. The number of ketones is 1. The van der Waals surface area contributed by atoms with Gasteiger partial charge in [0.1, 0.15) is 11.7 Å². The molecule has 0 atom stereocenters. The van der Waals surface area contributed by atoms with E-state index in [-0.39, 0.29) is 24.0 Å². The molecule has 0 saturated carbocycles. The van der Waals surface area contributed by atoms with Crippen LogP contribution in [0.2, 0.25) is 0 Å². The third kappa shape index (κ3) is 4.02. The van der Waals surface area contributed by atoms with Crippen LogP contribution in [0.5, 0.6) is 0 Å². The second kappa shape index (κ2) is 9.18. The Bertz CT molecular complexity index is 1460. The molecule has 0 radical (unpaired) electrons. The number of nitrogens with one attached hydrogen (secondary N) is 1. The van der Waals surface area contributed by atoms with Crippen molar-refractivity contribution >= 4 is 28.4 Å². The summed E-state index contributed by atoms with van der Waals surface area (Å²) in [5, 5.41) is 16.8. The number of halogens is 1. The van der Waals surface area contributed by atoms with E-state index in [0.29, 0.717) is 30.1 Å². The first-order valence-corrected chi connectivity index (χ1v) is 10.9. The monoisotopic (exact) mass is 470 g/mol. The highest BCUT2D eigenvalue weighted by molar-refractivity contribution is 6.45. The quantitative estimate of drug-likeness (QED) is 0.160. The summed E-state index contributed by atoms with van der Waals surface area (Å²) in [4.78, 5) is 36.4. The Morgan fingerprint density at radius 2 is 1.80 bits per heavy atom. The molecule has 2 aromatic carbocycles. The highest BCUT2D eigenvalue weighted by atomic mass is 19.1. The number of H-pyrrole nitrogens is 1. The van der Waals surface area contributed by atoms with Crippen molar-refractivity contribution in [1.29, 1.82) is 5.26 Å². The minimum atomic E-state index is -0.798. The SMILES string of the molecule is N#C/N=C(\c1ccccc1)N1CCN(C(=O)C(=O)c2c[nH]c3c(-n4ccnn4)ccc(F)c23)CC1. The highest BCUT2D eigenvalue weighted by Gasteiger charge is 2.30. The van der Waals surface area contributed by atoms with E-state index < -0.39 is 17.5 Å². The minimum Gasteiger partial charge on any atom is -0.359 e. The Labute approximate surface area is 198 Å². The van der Waals surface area contributed by atoms with Gasteiger partial charge in [-0.3, -0.25) is 9.59 Å². The Morgan fingerprint density at radius 3 is 2.49 bits per heavy atom. The number of nitriles is 1. The molecule has 0 bridgehead atoms. The van der Waals surface area contributed by atoms with E-state index in [1.807, 2.05) is 41.4 Å². The van der Waals surface area contributed by atoms with Gasteiger partial charge in [-0.25, -0.2) is 9.07 Å². The Morgan fingerprint density at radius 1 is 1.06 bits per heavy atom. The second-order valence-corrected chi connectivity index (χ2v) is 7.88. The number of fused-ring (bicyclic) bond motifs is 1. The molecule has 3 heterocycles. The van der Waals surface area contributed by atoms with Crippen molar-refractivity contribution in [2.75, 3.05) is 26.2 Å². The number of carbonyl (C=O) groups excluding carboxylic acids is 2. The summed E-state index contributed by atoms with van der Waals surface area (Å²) in [6.45, 7) is 1.31. The van der Waals surface area contributed by atoms with Gasteiger partial charge in [0.25, 0.3) is 11.7 Å². The molecule has 1 fully saturated rings. The number of aromatic amines is 1. The van der Waals surface area contributed by atoms with Crippen LogP contribution in [0.3, 0.4) is 0 Å². The summed E-state index contributed by atoms with van der Waals surface area (Å²) in [5.41, 5.74) is 1.60. The third-order valence-electron chi connectivity index (χ3n) is 5.93. The zero-order valence-electron chi connectivity index (χ0n) is 18.4. The molecule has 174 valence electrons. The number of amidine groups is 1. The van der Waals surface area contributed by atoms with Crippen molar-refractivity contribution in [3.05, 3.63) is 78.0 Å². The maximum Gasteiger partial charge on any atom is 0.295 e. The lowest BCUT2D eigenvalue weighted by Crippen LogP contribution is -2.52. The predicted molar refractivity (Wildman–Crippen MR) is 124 cm³/mol. The molecule has 1 aliphatic rings. The van der Waals surface area contributed by atoms with Gasteiger partial charge in [0.2, 0.25) is 6.19 Å². The molecular weight excluding hydrogens is 451 g/mol. The van der Waals surface area contributed by atoms with Crippen molar-refractivity contribution in [3.8, 4) is 11.9 Å². The molecule has 5 rings (SSSR count). The van der Waals surface area contributed by atoms with E-state index in [1.54, 1.807) is 6.20 Å². The summed E-state index contributed by atoms with van der Waals surface area (Å²) in [5.74, 6) is -1.61. The van der Waals surface area contributed by atoms with E-state index in [9.17, 15) is 14.0 Å². The lowest BCUT2D eigenvalue weighted by atomic mass is 10.1. The van der Waals surface area contributed by atoms with Crippen LogP contribution >= 0.6 is 0 Å². The van der Waals surface area contributed by atoms with Crippen LogP contribution in [0.1, 0.15) is 15.9 Å². The normalized spacial score (nSPS) is 14.2. The number of aromatic nitrogens is 4. The summed E-state index contributed by atoms with van der Waals surface area (Å²) < 4.78 is 16.2. The molecule has 10 nitrogen and oxygen atoms in total. The first kappa shape index (κ1) is 22.0. The van der Waals surface area contributed by atoms with E-state index in [0.717, 1.165) is 5.56 Å². The topological polar surface area (TPSA) is 123 Å². The lowest BCUT2D eigenvalue weighted by molar-refractivity contribution is -0.127. The number of piperazine rings is 1. The summed E-state index contributed by atoms with van der Waals surface area (Å²) in [7, 11) is 0. The smallest absolute Gasteiger partial charge is 0.295 e. The predicted octanol–water partition coefficient (Wildman–Crippen LogP) is 2.14. The van der Waals surface area contributed by atoms with Gasteiger partial charge in [-0.2, -0.15) is 10.3 Å². The van der Waals surface area contributed by atoms with Crippen LogP contribution in [-0.4, -0.2) is 73.5 Å². The van der Waals surface area contributed by atoms with E-state index in [1.165, 1.54) is 34.1 Å². The van der Waals surface area contributed by atoms with Crippen LogP contribution < -0.4 is 0 Å². The first-order chi connectivity index (χ1) is 17.1. The molecule has 1 amide bonds. The van der Waals surface area contributed by atoms with Crippen molar-refractivity contribution in [1.82, 2.24) is 29.8 Å². The zero-order valence-corrected chi connectivity index (χ0v) is 18.4. The van der Waals surface area contributed by atoms with Gasteiger partial charge in [-0.1, -0.05) is 35.5 Å². The van der Waals surface area contributed by atoms with Crippen molar-refractivity contribution < 1.29 is 14.0 Å². The molecular formula is C24H19FN8O2. The zero-order chi connectivity index (χ0) is 24.4. The molecule has 0 aliphatic carbocycles. The lowest BCUT2D eigenvalue weighted by Gasteiger charge is -2.35. The Hall–Kier alpha value is -4.85. The maximum atomic E-state index is 14.8. The standard InChI is InChI=1S/C24H19FN8O2/c25-18-6-7-19(33-9-8-29-30-33)21-20(18)17(14-27-21)22(34)24(35)32-12-10-31(11-13-32)23(28-15-26)16-4-2-1-3-5-16/h1-9,14,27H,10-13H2/b28-23+. The fourth-order valence-corrected chi connectivity index (χ4v) is 4.23. The fourth-order valence-electron chi connectivity index (χ4n) is 4.23. The number of rotatable bonds is 4. The molecule has 1 aliphatic heterocycles. The van der Waals surface area contributed by atoms with Gasteiger partial charge in [0, 0.05) is 43.3 Å². The molecule has 0 unspecified atom stereocenters. The Kier molecular flexibility index (Phi) is 5.76. The van der Waals surface area contributed by atoms with Crippen molar-refractivity contribution in [3.63, 3.8) is 0 Å². The van der Waals surface area contributed by atoms with Crippen molar-refractivity contribution in [2.24, 2.45) is 4.99 Å². The number of benzene rings is 2. The molecule has 35 heavy (non-hydrogen) atoms. The number of nitrogens with zero attached hydrogens (tertiary/aromatic N) is 7. The molecule has 0 spiro atoms. The maximum absolute atomic E-state index is 14.8. The van der Waals surface area contributed by atoms with Gasteiger partial charge < -0.3 is 14.8 Å². The average molecular weight is 470 g/mol. The molecule has 11 heteroatoms. The highest BCUT2D eigenvalue weighted by Crippen LogP contribution is 2.28. The third-order valence-corrected chi connectivity index (χ3v) is 5.93. The minimum absolute atomic E-state index is 0.0301. The molecule has 2 aromatic heterocycles. The number of Topliss-reactive ketones (excluding diaryl/α,β-unsaturated/α-hetero) is 1. The van der Waals surface area contributed by atoms with Crippen LogP contribution in [0, 0.1) is 17.3 Å². The summed E-state index contributed by atoms with van der Waals surface area (Å²) in [6, 6.07) is 12.0. The van der Waals surface area contributed by atoms with Crippen LogP contribution in [0.25, 0.3) is 16.6 Å². The van der Waals surface area contributed by atoms with Crippen molar-refractivity contribution in [2.45, 2.75) is 0 Å². The summed E-state index contributed by atoms with van der Waals surface area (Å²) in [6.07, 6.45) is 6.26. The number of carbonyl (C=O) groups is 2. The largest absolute Gasteiger partial charge is 0.359 e. The number of hydrogen-bond donors (Lipinski definition) is 1. The van der Waals surface area contributed by atoms with Crippen LogP contribution in [0.15, 0.2) is 66.0 Å². The van der Waals surface area contributed by atoms with Gasteiger partial charge in [0.05, 0.1) is 29.2 Å². The van der Waals surface area contributed by atoms with Crippen LogP contribution in [0.4, 0.5) is 4.39 Å². The van der Waals surface area contributed by atoms with Gasteiger partial charge >= 0.3 is 0 Å². The Balaban J connectivity index is 1.35. The molecule has 1 N–H and O–H groups in total. The van der Waals surface area contributed by atoms with E-state index in [4.69, 9.17) is 5.26 Å². The van der Waals surface area contributed by atoms with E-state index in [2.05, 4.69) is 20.3 Å². The van der Waals surface area contributed by atoms with Gasteiger partial charge in [0.15, 0.2) is 0 Å². The number of aliphatic imine (C=N–C) groups is 1. The number of amides is 1. The molecule has 1 saturated heterocycles. The summed E-state index contributed by atoms with van der Waals surface area (Å²) >= 11 is 0. The van der Waals surface area contributed by atoms with Gasteiger partial charge in [-0.15, -0.1) is 5.10 Å². The average Bonchev–Trinajstić information content (AvgIpc) is 3.59. The number of hydrogen-bond acceptors (Lipinski definition) is 6. The van der Waals surface area contributed by atoms with Gasteiger partial charge in [-0.05, 0) is 12.1 Å². The second-order valence-electron chi connectivity index (χ2n) is 7.88. The molecule has 4 aromatic rings.